The van der Waals surface area contributed by atoms with Crippen LogP contribution in [0, 0.1) is 12.3 Å². The second kappa shape index (κ2) is 6.83. The van der Waals surface area contributed by atoms with E-state index >= 15 is 0 Å². The zero-order valence-corrected chi connectivity index (χ0v) is 17.0. The Hall–Kier alpha value is -2.21. The van der Waals surface area contributed by atoms with Crippen LogP contribution in [0.3, 0.4) is 0 Å². The van der Waals surface area contributed by atoms with Crippen molar-refractivity contribution in [3.05, 3.63) is 45.9 Å². The second-order valence-corrected chi connectivity index (χ2v) is 8.98. The van der Waals surface area contributed by atoms with Gasteiger partial charge in [0.1, 0.15) is 0 Å². The number of hydrogen-bond donors (Lipinski definition) is 1. The van der Waals surface area contributed by atoms with E-state index in [9.17, 15) is 4.79 Å². The minimum Gasteiger partial charge on any atom is -0.344 e. The summed E-state index contributed by atoms with van der Waals surface area (Å²) in [5, 5.41) is 10.5. The molecule has 1 amide bonds. The fraction of sp³-hybridized carbons (Fsp3) is 0.450. The molecule has 26 heavy (non-hydrogen) atoms. The summed E-state index contributed by atoms with van der Waals surface area (Å²) in [6.45, 7) is 12.4. The fourth-order valence-corrected chi connectivity index (χ4v) is 4.07. The van der Waals surface area contributed by atoms with Crippen LogP contribution in [0.4, 0.5) is 0 Å². The Morgan fingerprint density at radius 2 is 2.04 bits per heavy atom. The summed E-state index contributed by atoms with van der Waals surface area (Å²) in [6, 6.07) is 6.16. The number of nitrogens with zero attached hydrogens (tertiary/aromatic N) is 3. The highest BCUT2D eigenvalue weighted by Crippen LogP contribution is 2.35. The molecule has 0 aliphatic carbocycles. The number of nitrogens with one attached hydrogen (secondary N) is 1. The number of aryl methyl sites for hydroxylation is 1. The molecule has 0 radical (unpaired) electrons. The van der Waals surface area contributed by atoms with Crippen molar-refractivity contribution in [3.63, 3.8) is 0 Å². The molecule has 5 nitrogen and oxygen atoms in total. The Labute approximate surface area is 158 Å². The SMILES string of the molecule is Cc1nc2c(cnn2C(C)C)cc1C(=O)NC(c1cccs1)C(C)(C)C. The largest absolute Gasteiger partial charge is 0.344 e. The van der Waals surface area contributed by atoms with Crippen molar-refractivity contribution in [2.75, 3.05) is 0 Å². The van der Waals surface area contributed by atoms with E-state index in [0.29, 0.717) is 5.56 Å². The smallest absolute Gasteiger partial charge is 0.253 e. The van der Waals surface area contributed by atoms with E-state index in [1.54, 1.807) is 17.5 Å². The van der Waals surface area contributed by atoms with Crippen LogP contribution in [0.15, 0.2) is 29.8 Å². The van der Waals surface area contributed by atoms with Gasteiger partial charge in [-0.2, -0.15) is 5.10 Å². The molecule has 0 spiro atoms. The Morgan fingerprint density at radius 1 is 1.31 bits per heavy atom. The van der Waals surface area contributed by atoms with Gasteiger partial charge in [0, 0.05) is 16.3 Å². The van der Waals surface area contributed by atoms with Crippen LogP contribution < -0.4 is 5.32 Å². The molecule has 6 heteroatoms. The summed E-state index contributed by atoms with van der Waals surface area (Å²) in [4.78, 5) is 18.8. The molecule has 0 saturated carbocycles. The summed E-state index contributed by atoms with van der Waals surface area (Å²) < 4.78 is 1.88. The van der Waals surface area contributed by atoms with Gasteiger partial charge in [-0.05, 0) is 43.7 Å². The van der Waals surface area contributed by atoms with Crippen molar-refractivity contribution in [2.24, 2.45) is 5.41 Å². The van der Waals surface area contributed by atoms with Crippen LogP contribution in [0.2, 0.25) is 0 Å². The number of thiophene rings is 1. The van der Waals surface area contributed by atoms with Gasteiger partial charge in [0.15, 0.2) is 5.65 Å². The highest BCUT2D eigenvalue weighted by atomic mass is 32.1. The predicted molar refractivity (Wildman–Crippen MR) is 107 cm³/mol. The number of carbonyl (C=O) groups excluding carboxylic acids is 1. The average Bonchev–Trinajstić information content (AvgIpc) is 3.19. The molecule has 3 heterocycles. The average molecular weight is 371 g/mol. The highest BCUT2D eigenvalue weighted by Gasteiger charge is 2.29. The summed E-state index contributed by atoms with van der Waals surface area (Å²) in [7, 11) is 0. The Balaban J connectivity index is 1.95. The van der Waals surface area contributed by atoms with Crippen LogP contribution in [0.1, 0.15) is 67.6 Å². The van der Waals surface area contributed by atoms with Gasteiger partial charge in [0.2, 0.25) is 0 Å². The zero-order valence-electron chi connectivity index (χ0n) is 16.2. The van der Waals surface area contributed by atoms with Crippen molar-refractivity contribution in [3.8, 4) is 0 Å². The molecule has 0 aliphatic rings. The minimum atomic E-state index is -0.0949. The Kier molecular flexibility index (Phi) is 4.88. The zero-order chi connectivity index (χ0) is 19.1. The third kappa shape index (κ3) is 3.51. The molecular formula is C20H26N4OS. The lowest BCUT2D eigenvalue weighted by atomic mass is 9.85. The lowest BCUT2D eigenvalue weighted by Crippen LogP contribution is -2.36. The van der Waals surface area contributed by atoms with E-state index < -0.39 is 0 Å². The van der Waals surface area contributed by atoms with E-state index in [-0.39, 0.29) is 23.4 Å². The van der Waals surface area contributed by atoms with Crippen molar-refractivity contribution in [1.82, 2.24) is 20.1 Å². The third-order valence-corrected chi connectivity index (χ3v) is 5.40. The Morgan fingerprint density at radius 3 is 2.62 bits per heavy atom. The topological polar surface area (TPSA) is 59.8 Å². The third-order valence-electron chi connectivity index (χ3n) is 4.46. The number of aromatic nitrogens is 3. The van der Waals surface area contributed by atoms with Crippen molar-refractivity contribution >= 4 is 28.3 Å². The van der Waals surface area contributed by atoms with E-state index in [1.807, 2.05) is 29.1 Å². The molecule has 3 aromatic heterocycles. The van der Waals surface area contributed by atoms with Crippen molar-refractivity contribution in [1.29, 1.82) is 0 Å². The standard InChI is InChI=1S/C20H26N4OS/c1-12(2)24-18-14(11-21-24)10-15(13(3)22-18)19(25)23-17(20(4,5)6)16-8-7-9-26-16/h7-12,17H,1-6H3,(H,23,25). The lowest BCUT2D eigenvalue weighted by Gasteiger charge is -2.31. The van der Waals surface area contributed by atoms with Crippen LogP contribution in [-0.2, 0) is 0 Å². The van der Waals surface area contributed by atoms with Gasteiger partial charge < -0.3 is 5.32 Å². The van der Waals surface area contributed by atoms with Crippen molar-refractivity contribution in [2.45, 2.75) is 53.6 Å². The maximum Gasteiger partial charge on any atom is 0.253 e. The molecule has 0 bridgehead atoms. The summed E-state index contributed by atoms with van der Waals surface area (Å²) in [6.07, 6.45) is 1.78. The predicted octanol–water partition coefficient (Wildman–Crippen LogP) is 4.90. The first kappa shape index (κ1) is 18.6. The van der Waals surface area contributed by atoms with E-state index in [4.69, 9.17) is 0 Å². The van der Waals surface area contributed by atoms with Gasteiger partial charge in [0.05, 0.1) is 23.5 Å². The first-order valence-corrected chi connectivity index (χ1v) is 9.75. The number of pyridine rings is 1. The molecule has 1 unspecified atom stereocenters. The molecule has 0 aromatic carbocycles. The monoisotopic (exact) mass is 370 g/mol. The maximum atomic E-state index is 13.0. The molecule has 1 N–H and O–H groups in total. The molecule has 1 atom stereocenters. The number of fused-ring (bicyclic) bond motifs is 1. The summed E-state index contributed by atoms with van der Waals surface area (Å²) >= 11 is 1.66. The first-order chi connectivity index (χ1) is 12.2. The maximum absolute atomic E-state index is 13.0. The van der Waals surface area contributed by atoms with Crippen LogP contribution in [0.5, 0.6) is 0 Å². The van der Waals surface area contributed by atoms with Crippen LogP contribution in [0.25, 0.3) is 11.0 Å². The second-order valence-electron chi connectivity index (χ2n) is 8.00. The van der Waals surface area contributed by atoms with Gasteiger partial charge in [-0.15, -0.1) is 11.3 Å². The molecule has 0 saturated heterocycles. The van der Waals surface area contributed by atoms with Crippen LogP contribution >= 0.6 is 11.3 Å². The van der Waals surface area contributed by atoms with Crippen LogP contribution in [-0.4, -0.2) is 20.7 Å². The summed E-state index contributed by atoms with van der Waals surface area (Å²) in [5.41, 5.74) is 2.05. The molecule has 3 rings (SSSR count). The summed E-state index contributed by atoms with van der Waals surface area (Å²) in [5.74, 6) is -0.0949. The molecule has 3 aromatic rings. The van der Waals surface area contributed by atoms with Gasteiger partial charge in [-0.1, -0.05) is 26.8 Å². The number of hydrogen-bond acceptors (Lipinski definition) is 4. The molecule has 138 valence electrons. The van der Waals surface area contributed by atoms with Gasteiger partial charge >= 0.3 is 0 Å². The van der Waals surface area contributed by atoms with Gasteiger partial charge in [-0.3, -0.25) is 4.79 Å². The lowest BCUT2D eigenvalue weighted by molar-refractivity contribution is 0.0902. The number of carbonyl (C=O) groups is 1. The molecule has 0 aliphatic heterocycles. The number of rotatable bonds is 4. The normalized spacial score (nSPS) is 13.3. The van der Waals surface area contributed by atoms with Gasteiger partial charge in [-0.25, -0.2) is 9.67 Å². The number of amides is 1. The molecular weight excluding hydrogens is 344 g/mol. The van der Waals surface area contributed by atoms with Crippen molar-refractivity contribution < 1.29 is 4.79 Å². The first-order valence-electron chi connectivity index (χ1n) is 8.87. The Bertz CT molecular complexity index is 919. The molecule has 0 fully saturated rings. The van der Waals surface area contributed by atoms with Gasteiger partial charge in [0.25, 0.3) is 5.91 Å². The fourth-order valence-electron chi connectivity index (χ4n) is 3.05. The van der Waals surface area contributed by atoms with E-state index in [0.717, 1.165) is 21.6 Å². The quantitative estimate of drug-likeness (QED) is 0.710. The van der Waals surface area contributed by atoms with E-state index in [1.165, 1.54) is 0 Å². The van der Waals surface area contributed by atoms with E-state index in [2.05, 4.69) is 56.1 Å². The minimum absolute atomic E-state index is 0.0523. The highest BCUT2D eigenvalue weighted by molar-refractivity contribution is 7.10.